The summed E-state index contributed by atoms with van der Waals surface area (Å²) in [6, 6.07) is 20.7. The Hall–Kier alpha value is -3.09. The lowest BCUT2D eigenvalue weighted by atomic mass is 10.0. The van der Waals surface area contributed by atoms with Crippen LogP contribution in [0, 0.1) is 22.7 Å². The SMILES string of the molecule is N#CC(C#N)c1nc(-c2cccc(Br)c2)nnc1-c1ccccc1. The minimum atomic E-state index is -1.01. The van der Waals surface area contributed by atoms with E-state index in [-0.39, 0.29) is 0 Å². The van der Waals surface area contributed by atoms with E-state index in [0.29, 0.717) is 17.2 Å². The molecule has 0 bridgehead atoms. The first-order valence-corrected chi connectivity index (χ1v) is 7.87. The van der Waals surface area contributed by atoms with Crippen molar-refractivity contribution in [2.45, 2.75) is 5.92 Å². The summed E-state index contributed by atoms with van der Waals surface area (Å²) in [5, 5.41) is 27.0. The van der Waals surface area contributed by atoms with Crippen molar-refractivity contribution < 1.29 is 0 Å². The normalized spacial score (nSPS) is 10.2. The molecule has 0 fully saturated rings. The number of halogens is 1. The van der Waals surface area contributed by atoms with Crippen LogP contribution in [0.5, 0.6) is 0 Å². The zero-order valence-electron chi connectivity index (χ0n) is 12.4. The monoisotopic (exact) mass is 375 g/mol. The maximum Gasteiger partial charge on any atom is 0.182 e. The molecular weight excluding hydrogens is 366 g/mol. The van der Waals surface area contributed by atoms with E-state index in [1.807, 2.05) is 66.7 Å². The summed E-state index contributed by atoms with van der Waals surface area (Å²) in [7, 11) is 0. The molecule has 0 aliphatic carbocycles. The topological polar surface area (TPSA) is 86.2 Å². The van der Waals surface area contributed by atoms with Gasteiger partial charge >= 0.3 is 0 Å². The molecule has 3 aromatic rings. The molecule has 0 atom stereocenters. The van der Waals surface area contributed by atoms with Crippen LogP contribution in [0.2, 0.25) is 0 Å². The van der Waals surface area contributed by atoms with Gasteiger partial charge in [0.15, 0.2) is 11.7 Å². The van der Waals surface area contributed by atoms with Crippen LogP contribution in [0.25, 0.3) is 22.6 Å². The number of nitrogens with zero attached hydrogens (tertiary/aromatic N) is 5. The molecule has 0 saturated heterocycles. The molecule has 1 aromatic heterocycles. The van der Waals surface area contributed by atoms with Gasteiger partial charge in [-0.1, -0.05) is 58.4 Å². The summed E-state index contributed by atoms with van der Waals surface area (Å²) < 4.78 is 0.884. The molecule has 0 amide bonds. The average molecular weight is 376 g/mol. The van der Waals surface area contributed by atoms with Crippen molar-refractivity contribution in [2.75, 3.05) is 0 Å². The fourth-order valence-corrected chi connectivity index (χ4v) is 2.64. The largest absolute Gasteiger partial charge is 0.227 e. The van der Waals surface area contributed by atoms with Gasteiger partial charge in [0.2, 0.25) is 0 Å². The van der Waals surface area contributed by atoms with Crippen molar-refractivity contribution in [1.29, 1.82) is 10.5 Å². The van der Waals surface area contributed by atoms with Crippen molar-refractivity contribution in [1.82, 2.24) is 15.2 Å². The minimum Gasteiger partial charge on any atom is -0.227 e. The Kier molecular flexibility index (Phi) is 4.60. The highest BCUT2D eigenvalue weighted by Gasteiger charge is 2.20. The fourth-order valence-electron chi connectivity index (χ4n) is 2.24. The third kappa shape index (κ3) is 3.15. The second kappa shape index (κ2) is 6.99. The number of hydrogen-bond acceptors (Lipinski definition) is 5. The summed E-state index contributed by atoms with van der Waals surface area (Å²) in [5.41, 5.74) is 2.29. The minimum absolute atomic E-state index is 0.316. The van der Waals surface area contributed by atoms with Crippen molar-refractivity contribution >= 4 is 15.9 Å². The van der Waals surface area contributed by atoms with Crippen molar-refractivity contribution in [3.05, 3.63) is 64.8 Å². The molecular formula is C18H10BrN5. The van der Waals surface area contributed by atoms with E-state index >= 15 is 0 Å². The Morgan fingerprint density at radius 3 is 2.25 bits per heavy atom. The molecule has 1 heterocycles. The van der Waals surface area contributed by atoms with Crippen molar-refractivity contribution in [2.24, 2.45) is 0 Å². The summed E-state index contributed by atoms with van der Waals surface area (Å²) in [4.78, 5) is 4.46. The summed E-state index contributed by atoms with van der Waals surface area (Å²) in [6.07, 6.45) is 0. The van der Waals surface area contributed by atoms with Gasteiger partial charge in [0.05, 0.1) is 12.1 Å². The lowest BCUT2D eigenvalue weighted by molar-refractivity contribution is 0.909. The van der Waals surface area contributed by atoms with Gasteiger partial charge in [0, 0.05) is 15.6 Å². The van der Waals surface area contributed by atoms with E-state index in [9.17, 15) is 10.5 Å². The first kappa shape index (κ1) is 15.8. The van der Waals surface area contributed by atoms with E-state index in [0.717, 1.165) is 15.6 Å². The zero-order valence-corrected chi connectivity index (χ0v) is 14.0. The molecule has 0 saturated carbocycles. The Morgan fingerprint density at radius 2 is 1.58 bits per heavy atom. The van der Waals surface area contributed by atoms with Crippen LogP contribution in [0.3, 0.4) is 0 Å². The van der Waals surface area contributed by atoms with Crippen molar-refractivity contribution in [3.8, 4) is 34.8 Å². The van der Waals surface area contributed by atoms with E-state index in [1.54, 1.807) is 0 Å². The Balaban J connectivity index is 2.19. The Morgan fingerprint density at radius 1 is 0.875 bits per heavy atom. The Labute approximate surface area is 147 Å². The third-order valence-electron chi connectivity index (χ3n) is 3.38. The zero-order chi connectivity index (χ0) is 16.9. The maximum atomic E-state index is 9.29. The lowest BCUT2D eigenvalue weighted by Crippen LogP contribution is -2.06. The number of nitriles is 2. The van der Waals surface area contributed by atoms with Crippen LogP contribution >= 0.6 is 15.9 Å². The van der Waals surface area contributed by atoms with Crippen LogP contribution in [0.1, 0.15) is 11.6 Å². The van der Waals surface area contributed by atoms with Crippen LogP contribution in [-0.4, -0.2) is 15.2 Å². The summed E-state index contributed by atoms with van der Waals surface area (Å²) in [5.74, 6) is -0.636. The van der Waals surface area contributed by atoms with Gasteiger partial charge in [-0.3, -0.25) is 0 Å². The molecule has 0 N–H and O–H groups in total. The van der Waals surface area contributed by atoms with Gasteiger partial charge in [-0.25, -0.2) is 4.98 Å². The van der Waals surface area contributed by atoms with Crippen LogP contribution in [0.4, 0.5) is 0 Å². The molecule has 0 aliphatic heterocycles. The molecule has 0 unspecified atom stereocenters. The van der Waals surface area contributed by atoms with E-state index in [2.05, 4.69) is 31.1 Å². The highest BCUT2D eigenvalue weighted by molar-refractivity contribution is 9.10. The molecule has 2 aromatic carbocycles. The fraction of sp³-hybridized carbons (Fsp3) is 0.0556. The highest BCUT2D eigenvalue weighted by Crippen LogP contribution is 2.27. The quantitative estimate of drug-likeness (QED) is 0.687. The molecule has 5 nitrogen and oxygen atoms in total. The predicted molar refractivity (Wildman–Crippen MR) is 92.4 cm³/mol. The molecule has 24 heavy (non-hydrogen) atoms. The van der Waals surface area contributed by atoms with Gasteiger partial charge in [-0.15, -0.1) is 10.2 Å². The van der Waals surface area contributed by atoms with Gasteiger partial charge < -0.3 is 0 Å². The first-order valence-electron chi connectivity index (χ1n) is 7.08. The van der Waals surface area contributed by atoms with Crippen molar-refractivity contribution in [3.63, 3.8) is 0 Å². The molecule has 0 spiro atoms. The number of rotatable bonds is 3. The number of hydrogen-bond donors (Lipinski definition) is 0. The average Bonchev–Trinajstić information content (AvgIpc) is 2.63. The summed E-state index contributed by atoms with van der Waals surface area (Å²) >= 11 is 3.40. The molecule has 6 heteroatoms. The van der Waals surface area contributed by atoms with E-state index in [1.165, 1.54) is 0 Å². The molecule has 0 radical (unpaired) electrons. The summed E-state index contributed by atoms with van der Waals surface area (Å²) in [6.45, 7) is 0. The van der Waals surface area contributed by atoms with Gasteiger partial charge in [0.25, 0.3) is 0 Å². The second-order valence-corrected chi connectivity index (χ2v) is 5.85. The first-order chi connectivity index (χ1) is 11.7. The predicted octanol–water partition coefficient (Wildman–Crippen LogP) is 4.10. The molecule has 3 rings (SSSR count). The number of benzene rings is 2. The van der Waals surface area contributed by atoms with E-state index < -0.39 is 5.92 Å². The van der Waals surface area contributed by atoms with Gasteiger partial charge in [0.1, 0.15) is 11.4 Å². The highest BCUT2D eigenvalue weighted by atomic mass is 79.9. The third-order valence-corrected chi connectivity index (χ3v) is 3.87. The van der Waals surface area contributed by atoms with Gasteiger partial charge in [-0.2, -0.15) is 10.5 Å². The molecule has 114 valence electrons. The van der Waals surface area contributed by atoms with Gasteiger partial charge in [-0.05, 0) is 12.1 Å². The second-order valence-electron chi connectivity index (χ2n) is 4.94. The smallest absolute Gasteiger partial charge is 0.182 e. The molecule has 0 aliphatic rings. The van der Waals surface area contributed by atoms with Crippen LogP contribution in [-0.2, 0) is 0 Å². The number of aromatic nitrogens is 3. The lowest BCUT2D eigenvalue weighted by Gasteiger charge is -2.09. The van der Waals surface area contributed by atoms with Crippen LogP contribution < -0.4 is 0 Å². The van der Waals surface area contributed by atoms with Crippen LogP contribution in [0.15, 0.2) is 59.1 Å². The maximum absolute atomic E-state index is 9.29. The standard InChI is InChI=1S/C18H10BrN5/c19-15-8-4-7-13(9-15)18-22-16(14(10-20)11-21)17(23-24-18)12-5-2-1-3-6-12/h1-9,14H. The Bertz CT molecular complexity index is 943. The van der Waals surface area contributed by atoms with E-state index in [4.69, 9.17) is 0 Å².